The number of fused-ring (bicyclic) bond motifs is 3. The smallest absolute Gasteiger partial charge is 0.0137 e. The fraction of sp³-hybridized carbons (Fsp3) is 0.194. The Balaban J connectivity index is 0.894. The average molecular weight is 799 g/mol. The molecular weight excluding hydrogens is 745 g/mol. The van der Waals surface area contributed by atoms with Gasteiger partial charge in [-0.2, -0.15) is 0 Å². The molecule has 0 fully saturated rings. The Bertz CT molecular complexity index is 2920. The summed E-state index contributed by atoms with van der Waals surface area (Å²) in [6, 6.07) is 25.9. The van der Waals surface area contributed by atoms with Crippen LogP contribution in [0.25, 0.3) is 28.4 Å². The lowest BCUT2D eigenvalue weighted by atomic mass is 9.69. The topological polar surface area (TPSA) is 0 Å². The van der Waals surface area contributed by atoms with Gasteiger partial charge in [0.25, 0.3) is 0 Å². The van der Waals surface area contributed by atoms with Crippen molar-refractivity contribution >= 4 is 28.4 Å². The van der Waals surface area contributed by atoms with Gasteiger partial charge in [0.1, 0.15) is 0 Å². The second kappa shape index (κ2) is 17.1. The van der Waals surface area contributed by atoms with Crippen molar-refractivity contribution < 1.29 is 0 Å². The first-order valence-electron chi connectivity index (χ1n) is 23.1. The molecule has 0 saturated carbocycles. The van der Waals surface area contributed by atoms with Crippen LogP contribution in [0.4, 0.5) is 0 Å². The van der Waals surface area contributed by atoms with Crippen LogP contribution in [-0.2, 0) is 0 Å². The third-order valence-electron chi connectivity index (χ3n) is 14.3. The van der Waals surface area contributed by atoms with Crippen molar-refractivity contribution in [1.82, 2.24) is 0 Å². The summed E-state index contributed by atoms with van der Waals surface area (Å²) in [5.41, 5.74) is 18.3. The summed E-state index contributed by atoms with van der Waals surface area (Å²) in [7, 11) is 0. The van der Waals surface area contributed by atoms with Gasteiger partial charge in [-0.15, -0.1) is 0 Å². The molecule has 0 nitrogen and oxygen atoms in total. The second-order valence-electron chi connectivity index (χ2n) is 18.0. The van der Waals surface area contributed by atoms with Crippen molar-refractivity contribution in [1.29, 1.82) is 0 Å². The molecule has 0 heteroatoms. The zero-order chi connectivity index (χ0) is 41.2. The third kappa shape index (κ3) is 7.58. The highest BCUT2D eigenvalue weighted by Gasteiger charge is 2.33. The highest BCUT2D eigenvalue weighted by Crippen LogP contribution is 2.44. The second-order valence-corrected chi connectivity index (χ2v) is 18.0. The lowest BCUT2D eigenvalue weighted by Crippen LogP contribution is -2.40. The first kappa shape index (κ1) is 38.4. The minimum absolute atomic E-state index is 0.282. The van der Waals surface area contributed by atoms with Crippen molar-refractivity contribution in [2.45, 2.75) is 50.9 Å². The molecule has 0 bridgehead atoms. The lowest BCUT2D eigenvalue weighted by Gasteiger charge is -2.35. The van der Waals surface area contributed by atoms with Crippen LogP contribution < -0.4 is 10.4 Å². The summed E-state index contributed by atoms with van der Waals surface area (Å²) >= 11 is 0. The van der Waals surface area contributed by atoms with Crippen LogP contribution >= 0.6 is 0 Å². The van der Waals surface area contributed by atoms with Crippen LogP contribution in [0, 0.1) is 23.7 Å². The molecule has 0 aliphatic heterocycles. The lowest BCUT2D eigenvalue weighted by molar-refractivity contribution is 0.622. The van der Waals surface area contributed by atoms with Gasteiger partial charge in [0, 0.05) is 29.6 Å². The van der Waals surface area contributed by atoms with Crippen molar-refractivity contribution in [3.05, 3.63) is 267 Å². The van der Waals surface area contributed by atoms with E-state index in [0.717, 1.165) is 44.9 Å². The standard InChI is InChI=1S/C62H54/c1-3-14-45(15-4-1)52-40-53(46-16-5-2-6-17-46)42-54(41-52)47-36-38-51(39-37-47)62-59-23-11-9-21-57(59)61(58-22-10-12-24-60(58)62)50-34-30-44(31-35-50)27-26-43-28-32-49(33-29-43)56-25-13-19-48-18-7-8-20-55(48)56/h1,3-5,7-14,16-28,30-32,34-36,38,40-42,45,48,55,57,59H,2,6,15,29,33,37,39H2. The van der Waals surface area contributed by atoms with Gasteiger partial charge in [-0.05, 0) is 134 Å². The Morgan fingerprint density at radius 1 is 0.484 bits per heavy atom. The maximum atomic E-state index is 2.47. The van der Waals surface area contributed by atoms with Crippen LogP contribution in [0.3, 0.4) is 0 Å². The van der Waals surface area contributed by atoms with E-state index in [0.29, 0.717) is 23.7 Å². The van der Waals surface area contributed by atoms with Gasteiger partial charge in [-0.25, -0.2) is 0 Å². The molecule has 0 amide bonds. The summed E-state index contributed by atoms with van der Waals surface area (Å²) < 4.78 is 0. The van der Waals surface area contributed by atoms with E-state index in [1.165, 1.54) is 82.8 Å². The highest BCUT2D eigenvalue weighted by molar-refractivity contribution is 5.84. The molecule has 5 unspecified atom stereocenters. The van der Waals surface area contributed by atoms with E-state index in [-0.39, 0.29) is 5.92 Å². The molecule has 0 aromatic heterocycles. The van der Waals surface area contributed by atoms with E-state index in [1.54, 1.807) is 0 Å². The van der Waals surface area contributed by atoms with Gasteiger partial charge in [0.05, 0.1) is 0 Å². The molecule has 11 rings (SSSR count). The largest absolute Gasteiger partial charge is 0.0836 e. The highest BCUT2D eigenvalue weighted by atomic mass is 14.4. The molecule has 8 aliphatic rings. The molecule has 62 heavy (non-hydrogen) atoms. The molecule has 0 heterocycles. The quantitative estimate of drug-likeness (QED) is 0.213. The SMILES string of the molecule is C1=CCC(c2cc(C3=CCCC=C3)cc(C3=CC=C(C4=c5ccccc5=C(c5ccc(C=CC6=CC=C(C7=CC=CC8C=CC=CC78)CC6)cc5)C5C=CC=CC45)CC3)c2)C=C1. The number of benzene rings is 3. The Kier molecular flexibility index (Phi) is 10.6. The maximum Gasteiger partial charge on any atom is 0.0137 e. The van der Waals surface area contributed by atoms with E-state index < -0.39 is 0 Å². The minimum Gasteiger partial charge on any atom is -0.0836 e. The molecule has 5 atom stereocenters. The fourth-order valence-corrected chi connectivity index (χ4v) is 11.0. The van der Waals surface area contributed by atoms with Crippen LogP contribution in [-0.4, -0.2) is 0 Å². The van der Waals surface area contributed by atoms with Gasteiger partial charge in [0.2, 0.25) is 0 Å². The summed E-state index contributed by atoms with van der Waals surface area (Å²) in [6.07, 6.45) is 63.3. The zero-order valence-electron chi connectivity index (χ0n) is 35.5. The third-order valence-corrected chi connectivity index (χ3v) is 14.3. The molecular formula is C62H54. The molecule has 3 aromatic carbocycles. The number of allylic oxidation sites excluding steroid dienone is 29. The first-order chi connectivity index (χ1) is 30.7. The average Bonchev–Trinajstić information content (AvgIpc) is 3.35. The van der Waals surface area contributed by atoms with Gasteiger partial charge in [-0.1, -0.05) is 206 Å². The van der Waals surface area contributed by atoms with Gasteiger partial charge in [0.15, 0.2) is 0 Å². The Hall–Kier alpha value is -6.50. The summed E-state index contributed by atoms with van der Waals surface area (Å²) in [4.78, 5) is 0. The van der Waals surface area contributed by atoms with E-state index in [9.17, 15) is 0 Å². The van der Waals surface area contributed by atoms with E-state index >= 15 is 0 Å². The maximum absolute atomic E-state index is 2.47. The van der Waals surface area contributed by atoms with E-state index in [1.807, 2.05) is 0 Å². The number of hydrogen-bond acceptors (Lipinski definition) is 0. The summed E-state index contributed by atoms with van der Waals surface area (Å²) in [6.45, 7) is 0. The van der Waals surface area contributed by atoms with Crippen LogP contribution in [0.5, 0.6) is 0 Å². The van der Waals surface area contributed by atoms with Gasteiger partial charge >= 0.3 is 0 Å². The summed E-state index contributed by atoms with van der Waals surface area (Å²) in [5.74, 6) is 1.96. The predicted octanol–water partition coefficient (Wildman–Crippen LogP) is 14.1. The number of rotatable bonds is 8. The zero-order valence-corrected chi connectivity index (χ0v) is 35.5. The van der Waals surface area contributed by atoms with Crippen molar-refractivity contribution in [3.8, 4) is 0 Å². The fourth-order valence-electron chi connectivity index (χ4n) is 11.0. The van der Waals surface area contributed by atoms with Crippen LogP contribution in [0.2, 0.25) is 0 Å². The molecule has 302 valence electrons. The van der Waals surface area contributed by atoms with Crippen molar-refractivity contribution in [3.63, 3.8) is 0 Å². The van der Waals surface area contributed by atoms with E-state index in [4.69, 9.17) is 0 Å². The van der Waals surface area contributed by atoms with Crippen molar-refractivity contribution in [2.24, 2.45) is 23.7 Å². The molecule has 0 spiro atoms. The predicted molar refractivity (Wildman–Crippen MR) is 264 cm³/mol. The molecule has 8 aliphatic carbocycles. The molecule has 0 N–H and O–H groups in total. The Morgan fingerprint density at radius 3 is 1.95 bits per heavy atom. The molecule has 3 aromatic rings. The molecule has 0 radical (unpaired) electrons. The Labute approximate surface area is 368 Å². The van der Waals surface area contributed by atoms with Gasteiger partial charge < -0.3 is 0 Å². The van der Waals surface area contributed by atoms with Crippen LogP contribution in [0.15, 0.2) is 229 Å². The van der Waals surface area contributed by atoms with Crippen molar-refractivity contribution in [2.75, 3.05) is 0 Å². The Morgan fingerprint density at radius 2 is 1.19 bits per heavy atom. The molecule has 0 saturated heterocycles. The van der Waals surface area contributed by atoms with Crippen LogP contribution in [0.1, 0.15) is 78.7 Å². The van der Waals surface area contributed by atoms with Gasteiger partial charge in [-0.3, -0.25) is 0 Å². The minimum atomic E-state index is 0.282. The monoisotopic (exact) mass is 798 g/mol. The van der Waals surface area contributed by atoms with E-state index in [2.05, 4.69) is 213 Å². The summed E-state index contributed by atoms with van der Waals surface area (Å²) in [5, 5.41) is 2.75. The first-order valence-corrected chi connectivity index (χ1v) is 23.1. The normalized spacial score (nSPS) is 25.7. The number of hydrogen-bond donors (Lipinski definition) is 0.